The van der Waals surface area contributed by atoms with Gasteiger partial charge in [-0.3, -0.25) is 9.59 Å². The van der Waals surface area contributed by atoms with Crippen molar-refractivity contribution in [2.45, 2.75) is 70.8 Å². The maximum Gasteiger partial charge on any atom is 0.222 e. The molecule has 1 aliphatic heterocycles. The SMILES string of the molecule is CCCCC(=O)N1CCCC1C1CCCCC1=O. The Hall–Kier alpha value is -0.860. The van der Waals surface area contributed by atoms with Gasteiger partial charge in [-0.15, -0.1) is 0 Å². The molecule has 2 rings (SSSR count). The van der Waals surface area contributed by atoms with Crippen LogP contribution in [0.1, 0.15) is 64.7 Å². The Morgan fingerprint density at radius 2 is 2.11 bits per heavy atom. The van der Waals surface area contributed by atoms with Gasteiger partial charge in [0.25, 0.3) is 0 Å². The Balaban J connectivity index is 1.97. The number of Topliss-reactive ketones (excluding diaryl/α,β-unsaturated/α-hetero) is 1. The van der Waals surface area contributed by atoms with Crippen LogP contribution in [0.3, 0.4) is 0 Å². The molecule has 2 fully saturated rings. The molecule has 0 bridgehead atoms. The molecular formula is C15H25NO2. The molecular weight excluding hydrogens is 226 g/mol. The molecule has 18 heavy (non-hydrogen) atoms. The monoisotopic (exact) mass is 251 g/mol. The Labute approximate surface area is 110 Å². The normalized spacial score (nSPS) is 28.7. The van der Waals surface area contributed by atoms with Crippen LogP contribution in [0.15, 0.2) is 0 Å². The fraction of sp³-hybridized carbons (Fsp3) is 0.867. The van der Waals surface area contributed by atoms with Crippen LogP contribution in [-0.4, -0.2) is 29.2 Å². The highest BCUT2D eigenvalue weighted by Gasteiger charge is 2.38. The molecule has 3 nitrogen and oxygen atoms in total. The van der Waals surface area contributed by atoms with Crippen LogP contribution in [0.2, 0.25) is 0 Å². The maximum atomic E-state index is 12.2. The zero-order chi connectivity index (χ0) is 13.0. The van der Waals surface area contributed by atoms with Gasteiger partial charge >= 0.3 is 0 Å². The van der Waals surface area contributed by atoms with Crippen molar-refractivity contribution >= 4 is 11.7 Å². The van der Waals surface area contributed by atoms with Gasteiger partial charge in [-0.2, -0.15) is 0 Å². The average Bonchev–Trinajstić information content (AvgIpc) is 2.85. The number of rotatable bonds is 4. The van der Waals surface area contributed by atoms with E-state index in [2.05, 4.69) is 6.92 Å². The van der Waals surface area contributed by atoms with Crippen LogP contribution in [0, 0.1) is 5.92 Å². The van der Waals surface area contributed by atoms with Crippen molar-refractivity contribution < 1.29 is 9.59 Å². The molecule has 0 N–H and O–H groups in total. The van der Waals surface area contributed by atoms with E-state index in [-0.39, 0.29) is 17.9 Å². The number of carbonyl (C=O) groups excluding carboxylic acids is 2. The van der Waals surface area contributed by atoms with E-state index in [1.54, 1.807) is 0 Å². The molecule has 2 aliphatic rings. The lowest BCUT2D eigenvalue weighted by atomic mass is 9.81. The zero-order valence-electron chi connectivity index (χ0n) is 11.5. The third-order valence-corrected chi connectivity index (χ3v) is 4.43. The van der Waals surface area contributed by atoms with Crippen molar-refractivity contribution in [1.82, 2.24) is 4.90 Å². The van der Waals surface area contributed by atoms with Crippen molar-refractivity contribution in [3.05, 3.63) is 0 Å². The maximum absolute atomic E-state index is 12.2. The molecule has 0 aromatic carbocycles. The molecule has 102 valence electrons. The quantitative estimate of drug-likeness (QED) is 0.770. The summed E-state index contributed by atoms with van der Waals surface area (Å²) in [6.45, 7) is 2.98. The second kappa shape index (κ2) is 6.35. The van der Waals surface area contributed by atoms with E-state index in [4.69, 9.17) is 0 Å². The number of ketones is 1. The fourth-order valence-corrected chi connectivity index (χ4v) is 3.41. The molecule has 0 spiro atoms. The predicted molar refractivity (Wildman–Crippen MR) is 71.2 cm³/mol. The third kappa shape index (κ3) is 2.93. The lowest BCUT2D eigenvalue weighted by molar-refractivity contribution is -0.135. The Morgan fingerprint density at radius 1 is 1.28 bits per heavy atom. The number of likely N-dealkylation sites (tertiary alicyclic amines) is 1. The summed E-state index contributed by atoms with van der Waals surface area (Å²) in [7, 11) is 0. The highest BCUT2D eigenvalue weighted by Crippen LogP contribution is 2.32. The van der Waals surface area contributed by atoms with E-state index < -0.39 is 0 Å². The number of carbonyl (C=O) groups is 2. The van der Waals surface area contributed by atoms with Crippen LogP contribution < -0.4 is 0 Å². The van der Waals surface area contributed by atoms with Gasteiger partial charge in [0.1, 0.15) is 5.78 Å². The predicted octanol–water partition coefficient (Wildman–Crippen LogP) is 2.93. The molecule has 1 heterocycles. The van der Waals surface area contributed by atoms with Crippen molar-refractivity contribution in [3.8, 4) is 0 Å². The summed E-state index contributed by atoms with van der Waals surface area (Å²) >= 11 is 0. The fourth-order valence-electron chi connectivity index (χ4n) is 3.41. The van der Waals surface area contributed by atoms with Gasteiger partial charge in [-0.05, 0) is 32.1 Å². The summed E-state index contributed by atoms with van der Waals surface area (Å²) in [6.07, 6.45) is 8.75. The van der Waals surface area contributed by atoms with Gasteiger partial charge in [0.15, 0.2) is 0 Å². The average molecular weight is 251 g/mol. The summed E-state index contributed by atoms with van der Waals surface area (Å²) < 4.78 is 0. The van der Waals surface area contributed by atoms with Crippen molar-refractivity contribution in [3.63, 3.8) is 0 Å². The molecule has 1 saturated carbocycles. The first-order valence-corrected chi connectivity index (χ1v) is 7.56. The molecule has 3 heteroatoms. The Bertz CT molecular complexity index is 314. The van der Waals surface area contributed by atoms with Gasteiger partial charge in [-0.25, -0.2) is 0 Å². The number of nitrogens with zero attached hydrogens (tertiary/aromatic N) is 1. The summed E-state index contributed by atoms with van der Waals surface area (Å²) in [5.41, 5.74) is 0. The highest BCUT2D eigenvalue weighted by molar-refractivity contribution is 5.84. The summed E-state index contributed by atoms with van der Waals surface area (Å²) in [5.74, 6) is 0.825. The minimum absolute atomic E-state index is 0.145. The van der Waals surface area contributed by atoms with Crippen LogP contribution in [0.25, 0.3) is 0 Å². The first kappa shape index (κ1) is 13.6. The van der Waals surface area contributed by atoms with Gasteiger partial charge in [0.05, 0.1) is 0 Å². The van der Waals surface area contributed by atoms with Crippen LogP contribution >= 0.6 is 0 Å². The standard InChI is InChI=1S/C15H25NO2/c1-2-3-10-15(18)16-11-6-8-13(16)12-7-4-5-9-14(12)17/h12-13H,2-11H2,1H3. The summed E-state index contributed by atoms with van der Waals surface area (Å²) in [4.78, 5) is 26.2. The molecule has 2 atom stereocenters. The zero-order valence-corrected chi connectivity index (χ0v) is 11.5. The Kier molecular flexibility index (Phi) is 4.79. The second-order valence-corrected chi connectivity index (χ2v) is 5.72. The number of amides is 1. The minimum Gasteiger partial charge on any atom is -0.339 e. The van der Waals surface area contributed by atoms with Crippen molar-refractivity contribution in [1.29, 1.82) is 0 Å². The van der Waals surface area contributed by atoms with E-state index in [0.29, 0.717) is 12.2 Å². The lowest BCUT2D eigenvalue weighted by Gasteiger charge is -2.33. The molecule has 1 aliphatic carbocycles. The van der Waals surface area contributed by atoms with Crippen LogP contribution in [0.4, 0.5) is 0 Å². The smallest absolute Gasteiger partial charge is 0.222 e. The molecule has 1 saturated heterocycles. The van der Waals surface area contributed by atoms with Crippen LogP contribution in [0.5, 0.6) is 0 Å². The second-order valence-electron chi connectivity index (χ2n) is 5.72. The first-order chi connectivity index (χ1) is 8.74. The van der Waals surface area contributed by atoms with Crippen molar-refractivity contribution in [2.75, 3.05) is 6.54 Å². The van der Waals surface area contributed by atoms with E-state index in [9.17, 15) is 9.59 Å². The summed E-state index contributed by atoms with van der Waals surface area (Å²) in [5, 5.41) is 0. The number of hydrogen-bond donors (Lipinski definition) is 0. The number of hydrogen-bond acceptors (Lipinski definition) is 2. The van der Waals surface area contributed by atoms with E-state index >= 15 is 0 Å². The molecule has 1 amide bonds. The van der Waals surface area contributed by atoms with Gasteiger partial charge < -0.3 is 4.90 Å². The van der Waals surface area contributed by atoms with E-state index in [1.807, 2.05) is 4.90 Å². The Morgan fingerprint density at radius 3 is 2.83 bits per heavy atom. The highest BCUT2D eigenvalue weighted by atomic mass is 16.2. The molecule has 0 radical (unpaired) electrons. The van der Waals surface area contributed by atoms with Gasteiger partial charge in [-0.1, -0.05) is 19.8 Å². The van der Waals surface area contributed by atoms with E-state index in [0.717, 1.165) is 57.9 Å². The topological polar surface area (TPSA) is 37.4 Å². The molecule has 0 aromatic rings. The third-order valence-electron chi connectivity index (χ3n) is 4.43. The summed E-state index contributed by atoms with van der Waals surface area (Å²) in [6, 6.07) is 0.224. The molecule has 2 unspecified atom stereocenters. The first-order valence-electron chi connectivity index (χ1n) is 7.56. The molecule has 0 aromatic heterocycles. The largest absolute Gasteiger partial charge is 0.339 e. The number of unbranched alkanes of at least 4 members (excludes halogenated alkanes) is 1. The van der Waals surface area contributed by atoms with Gasteiger partial charge in [0, 0.05) is 31.3 Å². The van der Waals surface area contributed by atoms with Crippen molar-refractivity contribution in [2.24, 2.45) is 5.92 Å². The van der Waals surface area contributed by atoms with Gasteiger partial charge in [0.2, 0.25) is 5.91 Å². The van der Waals surface area contributed by atoms with Crippen LogP contribution in [-0.2, 0) is 9.59 Å². The van der Waals surface area contributed by atoms with E-state index in [1.165, 1.54) is 0 Å². The lowest BCUT2D eigenvalue weighted by Crippen LogP contribution is -2.43. The minimum atomic E-state index is 0.145.